The van der Waals surface area contributed by atoms with E-state index in [2.05, 4.69) is 0 Å². The van der Waals surface area contributed by atoms with Gasteiger partial charge in [-0.05, 0) is 37.5 Å². The zero-order chi connectivity index (χ0) is 11.3. The van der Waals surface area contributed by atoms with Gasteiger partial charge in [0.05, 0.1) is 0 Å². The molecule has 0 heterocycles. The van der Waals surface area contributed by atoms with Crippen molar-refractivity contribution in [2.45, 2.75) is 26.7 Å². The number of benzene rings is 1. The zero-order valence-corrected chi connectivity index (χ0v) is 9.80. The number of ether oxygens (including phenoxy) is 1. The monoisotopic (exact) mass is 226 g/mol. The summed E-state index contributed by atoms with van der Waals surface area (Å²) in [7, 11) is 0. The highest BCUT2D eigenvalue weighted by Gasteiger charge is 2.07. The van der Waals surface area contributed by atoms with Crippen LogP contribution in [0.2, 0.25) is 0 Å². The lowest BCUT2D eigenvalue weighted by atomic mass is 10.1. The van der Waals surface area contributed by atoms with Crippen LogP contribution >= 0.6 is 11.6 Å². The van der Waals surface area contributed by atoms with Gasteiger partial charge in [-0.2, -0.15) is 0 Å². The third-order valence-corrected chi connectivity index (χ3v) is 2.56. The summed E-state index contributed by atoms with van der Waals surface area (Å²) in [5, 5.41) is 0. The molecule has 0 bridgehead atoms. The van der Waals surface area contributed by atoms with Crippen molar-refractivity contribution in [3.63, 3.8) is 0 Å². The maximum atomic E-state index is 11.4. The summed E-state index contributed by atoms with van der Waals surface area (Å²) in [6.45, 7) is 3.94. The van der Waals surface area contributed by atoms with Crippen LogP contribution in [0, 0.1) is 13.8 Å². The maximum absolute atomic E-state index is 11.4. The van der Waals surface area contributed by atoms with Gasteiger partial charge in [0.25, 0.3) is 0 Å². The first-order chi connectivity index (χ1) is 7.15. The summed E-state index contributed by atoms with van der Waals surface area (Å²) in [5.41, 5.74) is 2.13. The van der Waals surface area contributed by atoms with E-state index in [0.29, 0.717) is 24.5 Å². The van der Waals surface area contributed by atoms with Crippen LogP contribution in [-0.4, -0.2) is 11.8 Å². The smallest absolute Gasteiger partial charge is 0.311 e. The Bertz CT molecular complexity index is 347. The van der Waals surface area contributed by atoms with Gasteiger partial charge >= 0.3 is 5.97 Å². The van der Waals surface area contributed by atoms with E-state index in [4.69, 9.17) is 16.3 Å². The maximum Gasteiger partial charge on any atom is 0.311 e. The summed E-state index contributed by atoms with van der Waals surface area (Å²) in [6, 6.07) is 5.68. The highest BCUT2D eigenvalue weighted by Crippen LogP contribution is 2.21. The van der Waals surface area contributed by atoms with E-state index in [1.165, 1.54) is 0 Å². The Morgan fingerprint density at radius 1 is 1.40 bits per heavy atom. The molecule has 82 valence electrons. The largest absolute Gasteiger partial charge is 0.426 e. The van der Waals surface area contributed by atoms with Crippen LogP contribution in [0.5, 0.6) is 5.75 Å². The molecule has 0 amide bonds. The molecule has 1 rings (SSSR count). The van der Waals surface area contributed by atoms with Gasteiger partial charge in [0.1, 0.15) is 5.75 Å². The van der Waals surface area contributed by atoms with Gasteiger partial charge in [0.2, 0.25) is 0 Å². The summed E-state index contributed by atoms with van der Waals surface area (Å²) in [4.78, 5) is 11.4. The molecule has 3 heteroatoms. The van der Waals surface area contributed by atoms with Crippen molar-refractivity contribution in [3.8, 4) is 5.75 Å². The number of carbonyl (C=O) groups is 1. The molecule has 1 aromatic carbocycles. The van der Waals surface area contributed by atoms with Crippen molar-refractivity contribution in [1.82, 2.24) is 0 Å². The summed E-state index contributed by atoms with van der Waals surface area (Å²) < 4.78 is 5.23. The fourth-order valence-electron chi connectivity index (χ4n) is 1.22. The van der Waals surface area contributed by atoms with Gasteiger partial charge in [-0.15, -0.1) is 11.6 Å². The van der Waals surface area contributed by atoms with Gasteiger partial charge in [-0.25, -0.2) is 0 Å². The fourth-order valence-corrected chi connectivity index (χ4v) is 1.35. The van der Waals surface area contributed by atoms with Crippen LogP contribution in [0.4, 0.5) is 0 Å². The minimum Gasteiger partial charge on any atom is -0.426 e. The molecule has 0 aliphatic carbocycles. The van der Waals surface area contributed by atoms with Crippen molar-refractivity contribution in [3.05, 3.63) is 29.3 Å². The molecule has 0 aliphatic rings. The molecule has 1 aromatic rings. The summed E-state index contributed by atoms with van der Waals surface area (Å²) in [6.07, 6.45) is 1.03. The first kappa shape index (κ1) is 12.1. The Hall–Kier alpha value is -1.02. The highest BCUT2D eigenvalue weighted by molar-refractivity contribution is 6.17. The minimum atomic E-state index is -0.218. The number of esters is 1. The molecule has 0 saturated carbocycles. The topological polar surface area (TPSA) is 26.3 Å². The van der Waals surface area contributed by atoms with Gasteiger partial charge in [0, 0.05) is 12.3 Å². The molecule has 0 saturated heterocycles. The average Bonchev–Trinajstić information content (AvgIpc) is 2.22. The van der Waals surface area contributed by atoms with Crippen molar-refractivity contribution in [1.29, 1.82) is 0 Å². The van der Waals surface area contributed by atoms with Crippen LogP contribution in [0.15, 0.2) is 18.2 Å². The number of halogens is 1. The lowest BCUT2D eigenvalue weighted by Crippen LogP contribution is -2.08. The molecule has 0 spiro atoms. The predicted molar refractivity (Wildman–Crippen MR) is 61.5 cm³/mol. The van der Waals surface area contributed by atoms with Crippen LogP contribution in [-0.2, 0) is 4.79 Å². The molecule has 0 unspecified atom stereocenters. The van der Waals surface area contributed by atoms with E-state index in [0.717, 1.165) is 11.1 Å². The van der Waals surface area contributed by atoms with E-state index in [1.54, 1.807) is 6.07 Å². The Kier molecular flexibility index (Phi) is 4.63. The normalized spacial score (nSPS) is 10.1. The Balaban J connectivity index is 2.64. The van der Waals surface area contributed by atoms with E-state index in [-0.39, 0.29) is 5.97 Å². The number of carbonyl (C=O) groups excluding carboxylic acids is 1. The number of hydrogen-bond donors (Lipinski definition) is 0. The second kappa shape index (κ2) is 5.76. The van der Waals surface area contributed by atoms with Gasteiger partial charge in [0.15, 0.2) is 0 Å². The van der Waals surface area contributed by atoms with Gasteiger partial charge in [-0.3, -0.25) is 4.79 Å². The third-order valence-electron chi connectivity index (χ3n) is 2.29. The first-order valence-corrected chi connectivity index (χ1v) is 5.51. The molecular weight excluding hydrogens is 212 g/mol. The van der Waals surface area contributed by atoms with Crippen LogP contribution < -0.4 is 4.74 Å². The second-order valence-electron chi connectivity index (χ2n) is 3.46. The van der Waals surface area contributed by atoms with Crippen molar-refractivity contribution in [2.24, 2.45) is 0 Å². The van der Waals surface area contributed by atoms with Crippen LogP contribution in [0.25, 0.3) is 0 Å². The molecule has 0 aliphatic heterocycles. The highest BCUT2D eigenvalue weighted by atomic mass is 35.5. The molecule has 0 N–H and O–H groups in total. The van der Waals surface area contributed by atoms with Crippen LogP contribution in [0.3, 0.4) is 0 Å². The Morgan fingerprint density at radius 2 is 2.13 bits per heavy atom. The van der Waals surface area contributed by atoms with Gasteiger partial charge in [-0.1, -0.05) is 12.1 Å². The predicted octanol–water partition coefficient (Wildman–Crippen LogP) is 3.23. The van der Waals surface area contributed by atoms with Crippen molar-refractivity contribution < 1.29 is 9.53 Å². The third kappa shape index (κ3) is 3.56. The minimum absolute atomic E-state index is 0.218. The Labute approximate surface area is 95.2 Å². The first-order valence-electron chi connectivity index (χ1n) is 4.98. The number of aryl methyl sites for hydroxylation is 1. The molecule has 0 aromatic heterocycles. The van der Waals surface area contributed by atoms with Crippen molar-refractivity contribution >= 4 is 17.6 Å². The SMILES string of the molecule is Cc1cccc(OC(=O)CCCCl)c1C. The summed E-state index contributed by atoms with van der Waals surface area (Å²) in [5.74, 6) is 0.918. The molecular formula is C12H15ClO2. The summed E-state index contributed by atoms with van der Waals surface area (Å²) >= 11 is 5.50. The zero-order valence-electron chi connectivity index (χ0n) is 9.05. The van der Waals surface area contributed by atoms with E-state index in [9.17, 15) is 4.79 Å². The van der Waals surface area contributed by atoms with E-state index < -0.39 is 0 Å². The number of hydrogen-bond acceptors (Lipinski definition) is 2. The lowest BCUT2D eigenvalue weighted by Gasteiger charge is -2.08. The second-order valence-corrected chi connectivity index (χ2v) is 3.84. The standard InChI is InChI=1S/C12H15ClO2/c1-9-5-3-6-11(10(9)2)15-12(14)7-4-8-13/h3,5-6H,4,7-8H2,1-2H3. The fraction of sp³-hybridized carbons (Fsp3) is 0.417. The van der Waals surface area contributed by atoms with Gasteiger partial charge < -0.3 is 4.74 Å². The van der Waals surface area contributed by atoms with E-state index >= 15 is 0 Å². The molecule has 0 radical (unpaired) electrons. The number of alkyl halides is 1. The van der Waals surface area contributed by atoms with E-state index in [1.807, 2.05) is 26.0 Å². The quantitative estimate of drug-likeness (QED) is 0.448. The molecule has 2 nitrogen and oxygen atoms in total. The lowest BCUT2D eigenvalue weighted by molar-refractivity contribution is -0.134. The average molecular weight is 227 g/mol. The molecule has 0 fully saturated rings. The Morgan fingerprint density at radius 3 is 2.80 bits per heavy atom. The van der Waals surface area contributed by atoms with Crippen molar-refractivity contribution in [2.75, 3.05) is 5.88 Å². The molecule has 15 heavy (non-hydrogen) atoms. The number of rotatable bonds is 4. The van der Waals surface area contributed by atoms with Crippen LogP contribution in [0.1, 0.15) is 24.0 Å². The molecule has 0 atom stereocenters.